The summed E-state index contributed by atoms with van der Waals surface area (Å²) in [6.45, 7) is 3.37. The number of benzene rings is 1. The highest BCUT2D eigenvalue weighted by Gasteiger charge is 2.23. The Hall–Kier alpha value is -3.10. The zero-order valence-corrected chi connectivity index (χ0v) is 16.0. The first kappa shape index (κ1) is 21.2. The van der Waals surface area contributed by atoms with Crippen molar-refractivity contribution >= 4 is 29.5 Å². The fourth-order valence-electron chi connectivity index (χ4n) is 2.52. The Bertz CT molecular complexity index is 746. The van der Waals surface area contributed by atoms with E-state index >= 15 is 0 Å². The van der Waals surface area contributed by atoms with Crippen LogP contribution in [0.2, 0.25) is 0 Å². The Morgan fingerprint density at radius 3 is 2.50 bits per heavy atom. The van der Waals surface area contributed by atoms with Gasteiger partial charge in [-0.25, -0.2) is 9.59 Å². The molecule has 0 radical (unpaired) electrons. The minimum Gasteiger partial charge on any atom is -0.480 e. The predicted octanol–water partition coefficient (Wildman–Crippen LogP) is 1.32. The van der Waals surface area contributed by atoms with E-state index in [9.17, 15) is 19.2 Å². The highest BCUT2D eigenvalue weighted by molar-refractivity contribution is 5.98. The van der Waals surface area contributed by atoms with Crippen LogP contribution in [0.25, 0.3) is 0 Å². The molecule has 1 atom stereocenters. The largest absolute Gasteiger partial charge is 0.480 e. The van der Waals surface area contributed by atoms with Gasteiger partial charge in [0.05, 0.1) is 6.54 Å². The molecule has 1 aliphatic rings. The van der Waals surface area contributed by atoms with Gasteiger partial charge in [0.1, 0.15) is 6.04 Å². The second-order valence-electron chi connectivity index (χ2n) is 7.22. The van der Waals surface area contributed by atoms with Crippen LogP contribution in [0, 0.1) is 5.92 Å². The summed E-state index contributed by atoms with van der Waals surface area (Å²) in [4.78, 5) is 47.1. The zero-order valence-electron chi connectivity index (χ0n) is 16.0. The number of urea groups is 1. The number of hydrogen-bond acceptors (Lipinski definition) is 4. The monoisotopic (exact) mass is 390 g/mol. The molecule has 0 heterocycles. The molecule has 1 aliphatic carbocycles. The summed E-state index contributed by atoms with van der Waals surface area (Å²) in [7, 11) is 0. The first-order valence-corrected chi connectivity index (χ1v) is 9.22. The maximum absolute atomic E-state index is 12.2. The van der Waals surface area contributed by atoms with Crippen LogP contribution in [0.3, 0.4) is 0 Å². The summed E-state index contributed by atoms with van der Waals surface area (Å²) >= 11 is 0. The number of hydrogen-bond donors (Lipinski definition) is 5. The van der Waals surface area contributed by atoms with Crippen LogP contribution in [0.5, 0.6) is 0 Å². The van der Waals surface area contributed by atoms with Gasteiger partial charge in [-0.1, -0.05) is 19.9 Å². The summed E-state index contributed by atoms with van der Waals surface area (Å²) in [5.74, 6) is -2.10. The van der Waals surface area contributed by atoms with E-state index < -0.39 is 23.8 Å². The molecule has 0 unspecified atom stereocenters. The lowest BCUT2D eigenvalue weighted by Crippen LogP contribution is -2.46. The van der Waals surface area contributed by atoms with Gasteiger partial charge in [0.15, 0.2) is 0 Å². The van der Waals surface area contributed by atoms with Gasteiger partial charge in [0.25, 0.3) is 5.91 Å². The molecule has 1 saturated carbocycles. The molecular formula is C19H26N4O5. The molecule has 0 aromatic heterocycles. The number of rotatable bonds is 9. The summed E-state index contributed by atoms with van der Waals surface area (Å²) in [6, 6.07) is 5.21. The van der Waals surface area contributed by atoms with Crippen LogP contribution >= 0.6 is 0 Å². The standard InChI is InChI=1S/C19H26N4O5/c1-11(2)8-15(18(26)27)23-16(24)10-20-17(25)12-4-3-5-14(9-12)22-19(28)21-13-6-7-13/h3-5,9,11,13,15H,6-8,10H2,1-2H3,(H,20,25)(H,23,24)(H,26,27)(H2,21,22,28)/t15-/m0/s1. The molecule has 4 amide bonds. The van der Waals surface area contributed by atoms with E-state index in [0.717, 1.165) is 12.8 Å². The molecule has 28 heavy (non-hydrogen) atoms. The van der Waals surface area contributed by atoms with Gasteiger partial charge < -0.3 is 26.4 Å². The number of nitrogens with one attached hydrogen (secondary N) is 4. The molecule has 0 spiro atoms. The van der Waals surface area contributed by atoms with E-state index in [0.29, 0.717) is 12.1 Å². The van der Waals surface area contributed by atoms with Gasteiger partial charge in [-0.05, 0) is 43.4 Å². The molecule has 1 fully saturated rings. The van der Waals surface area contributed by atoms with Crippen molar-refractivity contribution in [3.63, 3.8) is 0 Å². The van der Waals surface area contributed by atoms with Gasteiger partial charge in [-0.2, -0.15) is 0 Å². The molecule has 1 aromatic carbocycles. The lowest BCUT2D eigenvalue weighted by molar-refractivity contribution is -0.142. The van der Waals surface area contributed by atoms with Crippen molar-refractivity contribution in [3.8, 4) is 0 Å². The SMILES string of the molecule is CC(C)C[C@H](NC(=O)CNC(=O)c1cccc(NC(=O)NC2CC2)c1)C(=O)O. The molecular weight excluding hydrogens is 364 g/mol. The minimum atomic E-state index is -1.11. The Balaban J connectivity index is 1.84. The van der Waals surface area contributed by atoms with Crippen LogP contribution in [-0.4, -0.2) is 47.5 Å². The normalized spacial score (nSPS) is 14.1. The first-order valence-electron chi connectivity index (χ1n) is 9.22. The third kappa shape index (κ3) is 7.26. The van der Waals surface area contributed by atoms with Crippen molar-refractivity contribution in [3.05, 3.63) is 29.8 Å². The van der Waals surface area contributed by atoms with Crippen LogP contribution in [0.1, 0.15) is 43.5 Å². The molecule has 9 nitrogen and oxygen atoms in total. The predicted molar refractivity (Wildman–Crippen MR) is 103 cm³/mol. The summed E-state index contributed by atoms with van der Waals surface area (Å²) in [6.07, 6.45) is 2.24. The van der Waals surface area contributed by atoms with Gasteiger partial charge >= 0.3 is 12.0 Å². The van der Waals surface area contributed by atoms with Crippen molar-refractivity contribution < 1.29 is 24.3 Å². The van der Waals surface area contributed by atoms with Gasteiger partial charge in [0, 0.05) is 17.3 Å². The Morgan fingerprint density at radius 2 is 1.89 bits per heavy atom. The van der Waals surface area contributed by atoms with E-state index in [1.54, 1.807) is 18.2 Å². The Morgan fingerprint density at radius 1 is 1.18 bits per heavy atom. The Labute approximate surface area is 163 Å². The van der Waals surface area contributed by atoms with E-state index in [1.807, 2.05) is 13.8 Å². The van der Waals surface area contributed by atoms with Gasteiger partial charge in [0.2, 0.25) is 5.91 Å². The molecule has 2 rings (SSSR count). The fourth-order valence-corrected chi connectivity index (χ4v) is 2.52. The van der Waals surface area contributed by atoms with Gasteiger partial charge in [-0.3, -0.25) is 9.59 Å². The number of carbonyl (C=O) groups is 4. The fraction of sp³-hybridized carbons (Fsp3) is 0.474. The molecule has 9 heteroatoms. The smallest absolute Gasteiger partial charge is 0.326 e. The molecule has 1 aromatic rings. The third-order valence-corrected chi connectivity index (χ3v) is 4.05. The maximum atomic E-state index is 12.2. The molecule has 5 N–H and O–H groups in total. The minimum absolute atomic E-state index is 0.100. The summed E-state index contributed by atoms with van der Waals surface area (Å²) in [5, 5.41) is 19.4. The van der Waals surface area contributed by atoms with Crippen molar-refractivity contribution in [1.82, 2.24) is 16.0 Å². The summed E-state index contributed by atoms with van der Waals surface area (Å²) < 4.78 is 0. The molecule has 152 valence electrons. The van der Waals surface area contributed by atoms with Crippen LogP contribution in [0.4, 0.5) is 10.5 Å². The lowest BCUT2D eigenvalue weighted by atomic mass is 10.0. The highest BCUT2D eigenvalue weighted by atomic mass is 16.4. The van der Waals surface area contributed by atoms with Crippen molar-refractivity contribution in [2.75, 3.05) is 11.9 Å². The number of carboxylic acids is 1. The highest BCUT2D eigenvalue weighted by Crippen LogP contribution is 2.19. The second-order valence-corrected chi connectivity index (χ2v) is 7.22. The second kappa shape index (κ2) is 9.72. The molecule has 0 aliphatic heterocycles. The number of amides is 4. The van der Waals surface area contributed by atoms with Crippen molar-refractivity contribution in [2.24, 2.45) is 5.92 Å². The Kier molecular flexibility index (Phi) is 7.36. The van der Waals surface area contributed by atoms with Crippen molar-refractivity contribution in [2.45, 2.75) is 45.2 Å². The number of anilines is 1. The van der Waals surface area contributed by atoms with E-state index in [1.165, 1.54) is 6.07 Å². The molecule has 0 bridgehead atoms. The molecule has 0 saturated heterocycles. The van der Waals surface area contributed by atoms with E-state index in [2.05, 4.69) is 21.3 Å². The van der Waals surface area contributed by atoms with E-state index in [-0.39, 0.29) is 30.1 Å². The first-order chi connectivity index (χ1) is 13.2. The lowest BCUT2D eigenvalue weighted by Gasteiger charge is -2.16. The van der Waals surface area contributed by atoms with Crippen LogP contribution in [0.15, 0.2) is 24.3 Å². The average Bonchev–Trinajstić information content (AvgIpc) is 3.42. The van der Waals surface area contributed by atoms with Gasteiger partial charge in [-0.15, -0.1) is 0 Å². The number of aliphatic carboxylic acids is 1. The topological polar surface area (TPSA) is 137 Å². The third-order valence-electron chi connectivity index (χ3n) is 4.05. The number of carboxylic acid groups (broad SMARTS) is 1. The van der Waals surface area contributed by atoms with Crippen molar-refractivity contribution in [1.29, 1.82) is 0 Å². The quantitative estimate of drug-likeness (QED) is 0.433. The maximum Gasteiger partial charge on any atom is 0.326 e. The van der Waals surface area contributed by atoms with E-state index in [4.69, 9.17) is 5.11 Å². The summed E-state index contributed by atoms with van der Waals surface area (Å²) in [5.41, 5.74) is 0.729. The van der Waals surface area contributed by atoms with Crippen LogP contribution in [-0.2, 0) is 9.59 Å². The zero-order chi connectivity index (χ0) is 20.7. The number of carbonyl (C=O) groups excluding carboxylic acids is 3. The van der Waals surface area contributed by atoms with Crippen LogP contribution < -0.4 is 21.3 Å². The average molecular weight is 390 g/mol.